The Morgan fingerprint density at radius 2 is 1.81 bits per heavy atom. The van der Waals surface area contributed by atoms with Crippen molar-refractivity contribution in [3.63, 3.8) is 0 Å². The van der Waals surface area contributed by atoms with Crippen LogP contribution in [-0.2, 0) is 0 Å². The van der Waals surface area contributed by atoms with Crippen LogP contribution in [-0.4, -0.2) is 15.5 Å². The molecule has 0 aliphatic rings. The summed E-state index contributed by atoms with van der Waals surface area (Å²) in [6, 6.07) is 8.88. The lowest BCUT2D eigenvalue weighted by Crippen LogP contribution is -1.86. The van der Waals surface area contributed by atoms with Gasteiger partial charge < -0.3 is 10.2 Å². The Labute approximate surface area is 98.4 Å². The highest BCUT2D eigenvalue weighted by atomic mass is 35.5. The van der Waals surface area contributed by atoms with E-state index in [1.807, 2.05) is 6.07 Å². The standard InChI is InChI=1S/C11H8ClO3P/c12-10(14)9-7(8(13)11(15)16-9)6-4-2-1-3-5-6/h1-5,13,15-16H. The molecule has 2 rings (SSSR count). The van der Waals surface area contributed by atoms with E-state index >= 15 is 0 Å². The predicted octanol–water partition coefficient (Wildman–Crippen LogP) is 3.18. The van der Waals surface area contributed by atoms with E-state index in [1.54, 1.807) is 24.3 Å². The lowest BCUT2D eigenvalue weighted by Gasteiger charge is -2.01. The van der Waals surface area contributed by atoms with Gasteiger partial charge in [-0.25, -0.2) is 0 Å². The summed E-state index contributed by atoms with van der Waals surface area (Å²) in [5.74, 6) is -0.256. The molecule has 0 saturated heterocycles. The first-order chi connectivity index (χ1) is 7.61. The third-order valence-electron chi connectivity index (χ3n) is 2.21. The maximum atomic E-state index is 11.2. The van der Waals surface area contributed by atoms with Crippen LogP contribution in [0.25, 0.3) is 11.1 Å². The van der Waals surface area contributed by atoms with E-state index in [0.717, 1.165) is 0 Å². The molecule has 3 nitrogen and oxygen atoms in total. The predicted molar refractivity (Wildman–Crippen MR) is 64.9 cm³/mol. The van der Waals surface area contributed by atoms with Crippen LogP contribution in [0.2, 0.25) is 0 Å². The monoisotopic (exact) mass is 254 g/mol. The molecule has 0 amide bonds. The van der Waals surface area contributed by atoms with Gasteiger partial charge in [0, 0.05) is 5.56 Å². The lowest BCUT2D eigenvalue weighted by molar-refractivity contribution is 0.108. The molecule has 16 heavy (non-hydrogen) atoms. The molecular weight excluding hydrogens is 247 g/mol. The Bertz CT molecular complexity index is 534. The van der Waals surface area contributed by atoms with Crippen LogP contribution in [0.1, 0.15) is 10.1 Å². The van der Waals surface area contributed by atoms with E-state index in [1.165, 1.54) is 0 Å². The molecular formula is C11H8ClO3P. The van der Waals surface area contributed by atoms with Crippen LogP contribution >= 0.6 is 19.8 Å². The second-order valence-corrected chi connectivity index (χ2v) is 4.78. The van der Waals surface area contributed by atoms with Gasteiger partial charge in [-0.05, 0) is 17.2 Å². The number of carbonyl (C=O) groups excluding carboxylic acids is 1. The zero-order valence-corrected chi connectivity index (χ0v) is 9.82. The minimum absolute atomic E-state index is 0.192. The molecule has 1 heterocycles. The number of halogens is 1. The van der Waals surface area contributed by atoms with Gasteiger partial charge in [0.2, 0.25) is 0 Å². The van der Waals surface area contributed by atoms with Crippen molar-refractivity contribution < 1.29 is 15.0 Å². The van der Waals surface area contributed by atoms with E-state index in [4.69, 9.17) is 11.6 Å². The number of aromatic hydroxyl groups is 2. The maximum Gasteiger partial charge on any atom is 0.256 e. The molecule has 1 atom stereocenters. The zero-order chi connectivity index (χ0) is 11.7. The van der Waals surface area contributed by atoms with Crippen LogP contribution in [0.4, 0.5) is 0 Å². The molecule has 1 unspecified atom stereocenters. The van der Waals surface area contributed by atoms with Gasteiger partial charge >= 0.3 is 0 Å². The highest BCUT2D eigenvalue weighted by Crippen LogP contribution is 2.49. The number of benzene rings is 1. The zero-order valence-electron chi connectivity index (χ0n) is 8.07. The van der Waals surface area contributed by atoms with Crippen LogP contribution in [0, 0.1) is 0 Å². The average molecular weight is 255 g/mol. The van der Waals surface area contributed by atoms with Crippen LogP contribution in [0.3, 0.4) is 0 Å². The number of carbonyl (C=O) groups is 1. The largest absolute Gasteiger partial charge is 0.504 e. The maximum absolute atomic E-state index is 11.2. The summed E-state index contributed by atoms with van der Waals surface area (Å²) in [5.41, 5.74) is 0.805. The van der Waals surface area contributed by atoms with Gasteiger partial charge in [-0.3, -0.25) is 4.79 Å². The summed E-state index contributed by atoms with van der Waals surface area (Å²) >= 11 is 5.42. The number of hydrogen-bond donors (Lipinski definition) is 2. The molecule has 2 aromatic rings. The van der Waals surface area contributed by atoms with Gasteiger partial charge in [0.25, 0.3) is 5.24 Å². The van der Waals surface area contributed by atoms with Crippen molar-refractivity contribution in [1.29, 1.82) is 0 Å². The molecule has 0 spiro atoms. The second kappa shape index (κ2) is 4.20. The first-order valence-corrected chi connectivity index (χ1v) is 5.88. The Kier molecular flexibility index (Phi) is 2.90. The third-order valence-corrected chi connectivity index (χ3v) is 3.76. The molecule has 0 aliphatic heterocycles. The SMILES string of the molecule is O=C(Cl)c1[pH]c(O)c(O)c1-c1ccccc1. The van der Waals surface area contributed by atoms with Gasteiger partial charge in [0.15, 0.2) is 11.2 Å². The van der Waals surface area contributed by atoms with Crippen molar-refractivity contribution in [2.24, 2.45) is 0 Å². The van der Waals surface area contributed by atoms with Crippen molar-refractivity contribution in [2.75, 3.05) is 0 Å². The highest BCUT2D eigenvalue weighted by molar-refractivity contribution is 7.36. The van der Waals surface area contributed by atoms with Crippen molar-refractivity contribution >= 4 is 25.0 Å². The average Bonchev–Trinajstić information content (AvgIpc) is 2.57. The van der Waals surface area contributed by atoms with Crippen LogP contribution < -0.4 is 0 Å². The minimum atomic E-state index is -0.646. The Morgan fingerprint density at radius 1 is 1.19 bits per heavy atom. The summed E-state index contributed by atoms with van der Waals surface area (Å²) in [7, 11) is -0.277. The minimum Gasteiger partial charge on any atom is -0.504 e. The fraction of sp³-hybridized carbons (Fsp3) is 0. The van der Waals surface area contributed by atoms with Crippen molar-refractivity contribution in [3.05, 3.63) is 35.6 Å². The Hall–Kier alpha value is -1.44. The molecule has 0 radical (unpaired) electrons. The van der Waals surface area contributed by atoms with Crippen molar-refractivity contribution in [2.45, 2.75) is 0 Å². The summed E-state index contributed by atoms with van der Waals surface area (Å²) in [6.45, 7) is 0. The normalized spacial score (nSPS) is 10.8. The van der Waals surface area contributed by atoms with Gasteiger partial charge in [-0.1, -0.05) is 38.5 Å². The Morgan fingerprint density at radius 3 is 2.38 bits per heavy atom. The number of hydrogen-bond acceptors (Lipinski definition) is 3. The fourth-order valence-corrected chi connectivity index (χ4v) is 2.71. The summed E-state index contributed by atoms with van der Waals surface area (Å²) in [6.07, 6.45) is 0. The van der Waals surface area contributed by atoms with Crippen LogP contribution in [0.15, 0.2) is 30.3 Å². The summed E-state index contributed by atoms with van der Waals surface area (Å²) in [4.78, 5) is 11.2. The molecule has 82 valence electrons. The molecule has 5 heteroatoms. The first kappa shape index (κ1) is 11.1. The quantitative estimate of drug-likeness (QED) is 0.809. The first-order valence-electron chi connectivity index (χ1n) is 4.50. The van der Waals surface area contributed by atoms with E-state index < -0.39 is 5.24 Å². The summed E-state index contributed by atoms with van der Waals surface area (Å²) < 4.78 is 0. The van der Waals surface area contributed by atoms with Gasteiger partial charge in [-0.15, -0.1) is 0 Å². The van der Waals surface area contributed by atoms with E-state index in [-0.39, 0.29) is 24.7 Å². The number of rotatable bonds is 2. The molecule has 0 bridgehead atoms. The second-order valence-electron chi connectivity index (χ2n) is 3.21. The highest BCUT2D eigenvalue weighted by Gasteiger charge is 2.20. The van der Waals surface area contributed by atoms with E-state index in [0.29, 0.717) is 11.1 Å². The molecule has 2 N–H and O–H groups in total. The van der Waals surface area contributed by atoms with Gasteiger partial charge in [-0.2, -0.15) is 0 Å². The smallest absolute Gasteiger partial charge is 0.256 e. The fourth-order valence-electron chi connectivity index (χ4n) is 1.51. The van der Waals surface area contributed by atoms with E-state index in [9.17, 15) is 15.0 Å². The van der Waals surface area contributed by atoms with Crippen molar-refractivity contribution in [3.8, 4) is 22.4 Å². The molecule has 1 aromatic heterocycles. The molecule has 0 fully saturated rings. The molecule has 1 aromatic carbocycles. The topological polar surface area (TPSA) is 57.5 Å². The molecule has 0 saturated carbocycles. The van der Waals surface area contributed by atoms with Gasteiger partial charge in [0.05, 0.1) is 5.30 Å². The summed E-state index contributed by atoms with van der Waals surface area (Å²) in [5, 5.41) is 18.7. The van der Waals surface area contributed by atoms with Crippen LogP contribution in [0.5, 0.6) is 11.2 Å². The molecule has 0 aliphatic carbocycles. The van der Waals surface area contributed by atoms with Gasteiger partial charge in [0.1, 0.15) is 0 Å². The third kappa shape index (κ3) is 1.80. The Balaban J connectivity index is 2.68. The lowest BCUT2D eigenvalue weighted by atomic mass is 10.1. The van der Waals surface area contributed by atoms with E-state index in [2.05, 4.69) is 0 Å². The van der Waals surface area contributed by atoms with Crippen molar-refractivity contribution in [1.82, 2.24) is 0 Å².